The number of rotatable bonds is 7. The normalized spacial score (nSPS) is 16.0. The number of ether oxygens (including phenoxy) is 1. The van der Waals surface area contributed by atoms with Crippen molar-refractivity contribution in [2.75, 3.05) is 19.0 Å². The molecule has 0 radical (unpaired) electrons. The third kappa shape index (κ3) is 4.65. The van der Waals surface area contributed by atoms with E-state index in [0.29, 0.717) is 25.3 Å². The average molecular weight is 405 g/mol. The van der Waals surface area contributed by atoms with E-state index in [4.69, 9.17) is 4.74 Å². The van der Waals surface area contributed by atoms with E-state index in [0.717, 1.165) is 16.9 Å². The molecule has 4 rings (SSSR count). The number of aromatic amines is 1. The SMILES string of the molecule is COc1ccc(Cc2nc(NC(=O)[C@@H]3CC(=O)N(Cc4ccccc4)C3)n[nH]2)cc1. The monoisotopic (exact) mass is 405 g/mol. The molecule has 1 aromatic heterocycles. The second-order valence-electron chi connectivity index (χ2n) is 7.28. The van der Waals surface area contributed by atoms with Crippen molar-refractivity contribution in [3.05, 3.63) is 71.5 Å². The zero-order chi connectivity index (χ0) is 20.9. The number of H-pyrrole nitrogens is 1. The molecular formula is C22H23N5O3. The number of anilines is 1. The van der Waals surface area contributed by atoms with Crippen molar-refractivity contribution in [1.29, 1.82) is 0 Å². The van der Waals surface area contributed by atoms with E-state index in [1.165, 1.54) is 0 Å². The summed E-state index contributed by atoms with van der Waals surface area (Å²) in [4.78, 5) is 30.9. The first kappa shape index (κ1) is 19.6. The van der Waals surface area contributed by atoms with E-state index < -0.39 is 5.92 Å². The fourth-order valence-electron chi connectivity index (χ4n) is 3.48. The average Bonchev–Trinajstić information content (AvgIpc) is 3.35. The minimum atomic E-state index is -0.412. The molecule has 8 heteroatoms. The van der Waals surface area contributed by atoms with Crippen LogP contribution in [-0.2, 0) is 22.6 Å². The van der Waals surface area contributed by atoms with Gasteiger partial charge in [0.25, 0.3) is 0 Å². The summed E-state index contributed by atoms with van der Waals surface area (Å²) < 4.78 is 5.15. The summed E-state index contributed by atoms with van der Waals surface area (Å²) in [6.07, 6.45) is 0.751. The van der Waals surface area contributed by atoms with E-state index in [1.54, 1.807) is 12.0 Å². The topological polar surface area (TPSA) is 100 Å². The second kappa shape index (κ2) is 8.77. The Labute approximate surface area is 174 Å². The maximum Gasteiger partial charge on any atom is 0.248 e. The van der Waals surface area contributed by atoms with Crippen molar-refractivity contribution in [2.45, 2.75) is 19.4 Å². The van der Waals surface area contributed by atoms with E-state index >= 15 is 0 Å². The number of carbonyl (C=O) groups excluding carboxylic acids is 2. The smallest absolute Gasteiger partial charge is 0.248 e. The number of methoxy groups -OCH3 is 1. The number of carbonyl (C=O) groups is 2. The summed E-state index contributed by atoms with van der Waals surface area (Å²) in [5.41, 5.74) is 2.09. The lowest BCUT2D eigenvalue weighted by atomic mass is 10.1. The van der Waals surface area contributed by atoms with Gasteiger partial charge < -0.3 is 9.64 Å². The summed E-state index contributed by atoms with van der Waals surface area (Å²) in [7, 11) is 1.62. The molecule has 8 nitrogen and oxygen atoms in total. The van der Waals surface area contributed by atoms with Gasteiger partial charge in [0.2, 0.25) is 17.8 Å². The van der Waals surface area contributed by atoms with Crippen LogP contribution in [0.2, 0.25) is 0 Å². The van der Waals surface area contributed by atoms with Crippen LogP contribution in [-0.4, -0.2) is 45.6 Å². The highest BCUT2D eigenvalue weighted by Gasteiger charge is 2.34. The first-order valence-corrected chi connectivity index (χ1v) is 9.77. The van der Waals surface area contributed by atoms with Crippen molar-refractivity contribution in [3.63, 3.8) is 0 Å². The summed E-state index contributed by atoms with van der Waals surface area (Å²) in [5, 5.41) is 9.64. The molecule has 0 bridgehead atoms. The van der Waals surface area contributed by atoms with Crippen molar-refractivity contribution < 1.29 is 14.3 Å². The highest BCUT2D eigenvalue weighted by Crippen LogP contribution is 2.21. The number of nitrogens with one attached hydrogen (secondary N) is 2. The quantitative estimate of drug-likeness (QED) is 0.629. The third-order valence-electron chi connectivity index (χ3n) is 5.10. The highest BCUT2D eigenvalue weighted by atomic mass is 16.5. The summed E-state index contributed by atoms with van der Waals surface area (Å²) >= 11 is 0. The Hall–Kier alpha value is -3.68. The number of nitrogens with zero attached hydrogens (tertiary/aromatic N) is 3. The fraction of sp³-hybridized carbons (Fsp3) is 0.273. The molecule has 1 atom stereocenters. The number of likely N-dealkylation sites (tertiary alicyclic amines) is 1. The molecule has 1 aliphatic rings. The highest BCUT2D eigenvalue weighted by molar-refractivity contribution is 5.96. The van der Waals surface area contributed by atoms with Gasteiger partial charge in [-0.3, -0.25) is 20.0 Å². The molecule has 1 saturated heterocycles. The van der Waals surface area contributed by atoms with E-state index in [-0.39, 0.29) is 24.2 Å². The lowest BCUT2D eigenvalue weighted by molar-refractivity contribution is -0.128. The van der Waals surface area contributed by atoms with Crippen molar-refractivity contribution in [3.8, 4) is 5.75 Å². The van der Waals surface area contributed by atoms with Gasteiger partial charge in [0.1, 0.15) is 11.6 Å². The third-order valence-corrected chi connectivity index (χ3v) is 5.10. The number of hydrogen-bond acceptors (Lipinski definition) is 5. The molecule has 3 aromatic rings. The maximum absolute atomic E-state index is 12.6. The zero-order valence-electron chi connectivity index (χ0n) is 16.7. The van der Waals surface area contributed by atoms with Gasteiger partial charge in [-0.1, -0.05) is 42.5 Å². The van der Waals surface area contributed by atoms with Gasteiger partial charge in [0.05, 0.1) is 13.0 Å². The number of amides is 2. The lowest BCUT2D eigenvalue weighted by Gasteiger charge is -2.16. The zero-order valence-corrected chi connectivity index (χ0v) is 16.7. The van der Waals surface area contributed by atoms with E-state index in [1.807, 2.05) is 54.6 Å². The second-order valence-corrected chi connectivity index (χ2v) is 7.28. The Morgan fingerprint density at radius 1 is 1.17 bits per heavy atom. The van der Waals surface area contributed by atoms with Crippen LogP contribution in [0.5, 0.6) is 5.75 Å². The predicted molar refractivity (Wildman–Crippen MR) is 111 cm³/mol. The molecule has 2 aromatic carbocycles. The molecule has 30 heavy (non-hydrogen) atoms. The predicted octanol–water partition coefficient (Wildman–Crippen LogP) is 2.39. The van der Waals surface area contributed by atoms with Gasteiger partial charge in [-0.15, -0.1) is 5.10 Å². The van der Waals surface area contributed by atoms with Crippen LogP contribution in [0, 0.1) is 5.92 Å². The van der Waals surface area contributed by atoms with Crippen LogP contribution >= 0.6 is 0 Å². The van der Waals surface area contributed by atoms with Crippen LogP contribution in [0.1, 0.15) is 23.4 Å². The van der Waals surface area contributed by atoms with Crippen LogP contribution in [0.15, 0.2) is 54.6 Å². The Morgan fingerprint density at radius 2 is 1.93 bits per heavy atom. The summed E-state index contributed by atoms with van der Waals surface area (Å²) in [6, 6.07) is 17.4. The van der Waals surface area contributed by atoms with Crippen LogP contribution in [0.4, 0.5) is 5.95 Å². The van der Waals surface area contributed by atoms with Gasteiger partial charge in [0.15, 0.2) is 0 Å². The molecule has 2 N–H and O–H groups in total. The number of aromatic nitrogens is 3. The van der Waals surface area contributed by atoms with Gasteiger partial charge in [-0.25, -0.2) is 0 Å². The summed E-state index contributed by atoms with van der Waals surface area (Å²) in [6.45, 7) is 0.902. The summed E-state index contributed by atoms with van der Waals surface area (Å²) in [5.74, 6) is 0.977. The minimum absolute atomic E-state index is 0.0193. The molecule has 0 unspecified atom stereocenters. The lowest BCUT2D eigenvalue weighted by Crippen LogP contribution is -2.28. The van der Waals surface area contributed by atoms with Gasteiger partial charge in [-0.05, 0) is 23.3 Å². The Bertz CT molecular complexity index is 1020. The molecule has 2 amide bonds. The van der Waals surface area contributed by atoms with Gasteiger partial charge in [-0.2, -0.15) is 4.98 Å². The standard InChI is InChI=1S/C22H23N5O3/c1-30-18-9-7-15(8-10-18)11-19-23-22(26-25-19)24-21(29)17-12-20(28)27(14-17)13-16-5-3-2-4-6-16/h2-10,17H,11-14H2,1H3,(H2,23,24,25,26,29)/t17-/m1/s1. The Balaban J connectivity index is 1.32. The molecule has 1 aliphatic heterocycles. The van der Waals surface area contributed by atoms with E-state index in [9.17, 15) is 9.59 Å². The molecule has 0 saturated carbocycles. The first-order chi connectivity index (χ1) is 14.6. The van der Waals surface area contributed by atoms with E-state index in [2.05, 4.69) is 20.5 Å². The van der Waals surface area contributed by atoms with Gasteiger partial charge >= 0.3 is 0 Å². The minimum Gasteiger partial charge on any atom is -0.497 e. The van der Waals surface area contributed by atoms with Gasteiger partial charge in [0, 0.05) is 25.9 Å². The number of hydrogen-bond donors (Lipinski definition) is 2. The maximum atomic E-state index is 12.6. The molecule has 154 valence electrons. The van der Waals surface area contributed by atoms with Crippen LogP contribution in [0.3, 0.4) is 0 Å². The van der Waals surface area contributed by atoms with Crippen LogP contribution in [0.25, 0.3) is 0 Å². The molecule has 1 fully saturated rings. The first-order valence-electron chi connectivity index (χ1n) is 9.77. The van der Waals surface area contributed by atoms with Crippen molar-refractivity contribution >= 4 is 17.8 Å². The van der Waals surface area contributed by atoms with Crippen molar-refractivity contribution in [2.24, 2.45) is 5.92 Å². The molecular weight excluding hydrogens is 382 g/mol. The Kier molecular flexibility index (Phi) is 5.74. The largest absolute Gasteiger partial charge is 0.497 e. The molecule has 2 heterocycles. The van der Waals surface area contributed by atoms with Crippen LogP contribution < -0.4 is 10.1 Å². The molecule has 0 aliphatic carbocycles. The fourth-order valence-corrected chi connectivity index (χ4v) is 3.48. The molecule has 0 spiro atoms. The van der Waals surface area contributed by atoms with Crippen molar-refractivity contribution in [1.82, 2.24) is 20.1 Å². The number of benzene rings is 2. The Morgan fingerprint density at radius 3 is 2.67 bits per heavy atom.